The van der Waals surface area contributed by atoms with Gasteiger partial charge in [0.2, 0.25) is 5.88 Å². The van der Waals surface area contributed by atoms with E-state index in [-0.39, 0.29) is 34.7 Å². The van der Waals surface area contributed by atoms with Gasteiger partial charge >= 0.3 is 0 Å². The quantitative estimate of drug-likeness (QED) is 0.297. The first-order valence-corrected chi connectivity index (χ1v) is 10.6. The Hall–Kier alpha value is -4.32. The van der Waals surface area contributed by atoms with E-state index in [1.807, 2.05) is 44.2 Å². The van der Waals surface area contributed by atoms with Crippen molar-refractivity contribution in [3.8, 4) is 45.8 Å². The summed E-state index contributed by atoms with van der Waals surface area (Å²) in [7, 11) is 0. The fraction of sp³-hybridized carbons (Fsp3) is 0.111. The van der Waals surface area contributed by atoms with E-state index in [9.17, 15) is 15.3 Å². The van der Waals surface area contributed by atoms with Gasteiger partial charge in [-0.25, -0.2) is 4.98 Å². The van der Waals surface area contributed by atoms with Crippen LogP contribution in [0.3, 0.4) is 0 Å². The van der Waals surface area contributed by atoms with E-state index < -0.39 is 0 Å². The highest BCUT2D eigenvalue weighted by atomic mass is 16.5. The lowest BCUT2D eigenvalue weighted by atomic mass is 10.0. The van der Waals surface area contributed by atoms with E-state index in [4.69, 9.17) is 4.74 Å². The number of ether oxygens (including phenoxy) is 1. The Morgan fingerprint density at radius 2 is 1.33 bits per heavy atom. The summed E-state index contributed by atoms with van der Waals surface area (Å²) >= 11 is 0. The maximum absolute atomic E-state index is 10.4. The maximum atomic E-state index is 10.4. The third kappa shape index (κ3) is 3.99. The van der Waals surface area contributed by atoms with E-state index in [1.165, 1.54) is 5.39 Å². The molecule has 4 aromatic carbocycles. The lowest BCUT2D eigenvalue weighted by molar-refractivity contribution is 0.232. The van der Waals surface area contributed by atoms with Crippen LogP contribution in [0.4, 0.5) is 0 Å². The number of hydrogen-bond acceptors (Lipinski definition) is 6. The standard InChI is InChI=1S/C27H22N2O4/c1-15(2)33-25-14-22(28-27(29-25)26-23(31)12-21(30)13-24(26)32)19-8-7-18-9-16-5-3-4-6-17(16)10-20(18)11-19/h3-15,30-32H,1-2H3. The van der Waals surface area contributed by atoms with Crippen LogP contribution in [0.5, 0.6) is 23.1 Å². The van der Waals surface area contributed by atoms with Crippen LogP contribution in [-0.4, -0.2) is 31.4 Å². The molecule has 6 nitrogen and oxygen atoms in total. The van der Waals surface area contributed by atoms with Gasteiger partial charge in [0.15, 0.2) is 5.82 Å². The van der Waals surface area contributed by atoms with Crippen LogP contribution in [0.25, 0.3) is 44.2 Å². The zero-order chi connectivity index (χ0) is 23.1. The lowest BCUT2D eigenvalue weighted by Crippen LogP contribution is -2.08. The zero-order valence-electron chi connectivity index (χ0n) is 18.1. The van der Waals surface area contributed by atoms with Crippen molar-refractivity contribution in [1.82, 2.24) is 9.97 Å². The second-order valence-corrected chi connectivity index (χ2v) is 8.20. The topological polar surface area (TPSA) is 95.7 Å². The largest absolute Gasteiger partial charge is 0.508 e. The fourth-order valence-corrected chi connectivity index (χ4v) is 3.91. The first-order valence-electron chi connectivity index (χ1n) is 10.6. The normalized spacial score (nSPS) is 11.4. The molecule has 0 saturated carbocycles. The van der Waals surface area contributed by atoms with Crippen molar-refractivity contribution < 1.29 is 20.1 Å². The Kier molecular flexibility index (Phi) is 4.98. The second-order valence-electron chi connectivity index (χ2n) is 8.20. The molecule has 0 unspecified atom stereocenters. The average molecular weight is 438 g/mol. The Morgan fingerprint density at radius 1 is 0.697 bits per heavy atom. The van der Waals surface area contributed by atoms with Gasteiger partial charge in [0.05, 0.1) is 11.8 Å². The summed E-state index contributed by atoms with van der Waals surface area (Å²) in [6, 6.07) is 22.6. The lowest BCUT2D eigenvalue weighted by Gasteiger charge is -2.14. The van der Waals surface area contributed by atoms with Gasteiger partial charge in [-0.15, -0.1) is 0 Å². The number of aromatic nitrogens is 2. The Labute approximate surface area is 190 Å². The van der Waals surface area contributed by atoms with Crippen LogP contribution in [0.1, 0.15) is 13.8 Å². The molecule has 0 fully saturated rings. The number of phenols is 3. The molecule has 0 amide bonds. The first-order chi connectivity index (χ1) is 15.9. The van der Waals surface area contributed by atoms with E-state index in [2.05, 4.69) is 34.2 Å². The molecule has 1 heterocycles. The monoisotopic (exact) mass is 438 g/mol. The summed E-state index contributed by atoms with van der Waals surface area (Å²) in [6.45, 7) is 3.77. The number of benzene rings is 4. The van der Waals surface area contributed by atoms with Crippen LogP contribution in [0.2, 0.25) is 0 Å². The van der Waals surface area contributed by atoms with Crippen LogP contribution in [-0.2, 0) is 0 Å². The average Bonchev–Trinajstić information content (AvgIpc) is 2.76. The Balaban J connectivity index is 1.69. The highest BCUT2D eigenvalue weighted by molar-refractivity contribution is 5.99. The minimum Gasteiger partial charge on any atom is -0.508 e. The van der Waals surface area contributed by atoms with Crippen molar-refractivity contribution in [3.63, 3.8) is 0 Å². The Bertz CT molecular complexity index is 1490. The van der Waals surface area contributed by atoms with Crippen LogP contribution in [0, 0.1) is 0 Å². The molecule has 3 N–H and O–H groups in total. The van der Waals surface area contributed by atoms with Gasteiger partial charge in [-0.1, -0.05) is 36.4 Å². The molecule has 6 heteroatoms. The molecule has 0 saturated heterocycles. The molecule has 0 aliphatic carbocycles. The molecule has 0 radical (unpaired) electrons. The predicted molar refractivity (Wildman–Crippen MR) is 129 cm³/mol. The van der Waals surface area contributed by atoms with Crippen molar-refractivity contribution >= 4 is 21.5 Å². The third-order valence-electron chi connectivity index (χ3n) is 5.36. The predicted octanol–water partition coefficient (Wildman–Crippen LogP) is 6.02. The summed E-state index contributed by atoms with van der Waals surface area (Å²) in [6.07, 6.45) is -0.134. The van der Waals surface area contributed by atoms with Gasteiger partial charge in [-0.3, -0.25) is 0 Å². The molecule has 5 aromatic rings. The van der Waals surface area contributed by atoms with Crippen LogP contribution >= 0.6 is 0 Å². The highest BCUT2D eigenvalue weighted by Gasteiger charge is 2.18. The van der Waals surface area contributed by atoms with Crippen molar-refractivity contribution in [1.29, 1.82) is 0 Å². The van der Waals surface area contributed by atoms with Crippen LogP contribution < -0.4 is 4.74 Å². The van der Waals surface area contributed by atoms with E-state index >= 15 is 0 Å². The smallest absolute Gasteiger partial charge is 0.217 e. The van der Waals surface area contributed by atoms with Gasteiger partial charge in [0.25, 0.3) is 0 Å². The molecular formula is C27H22N2O4. The summed E-state index contributed by atoms with van der Waals surface area (Å²) < 4.78 is 5.82. The zero-order valence-corrected chi connectivity index (χ0v) is 18.1. The molecule has 0 atom stereocenters. The minimum atomic E-state index is -0.329. The molecule has 0 bridgehead atoms. The SMILES string of the molecule is CC(C)Oc1cc(-c2ccc3cc4ccccc4cc3c2)nc(-c2c(O)cc(O)cc2O)n1. The third-order valence-corrected chi connectivity index (χ3v) is 5.36. The van der Waals surface area contributed by atoms with Crippen molar-refractivity contribution in [2.45, 2.75) is 20.0 Å². The summed E-state index contributed by atoms with van der Waals surface area (Å²) in [4.78, 5) is 9.00. The van der Waals surface area contributed by atoms with Gasteiger partial charge < -0.3 is 20.1 Å². The minimum absolute atomic E-state index is 0.0232. The van der Waals surface area contributed by atoms with Gasteiger partial charge in [-0.2, -0.15) is 4.98 Å². The number of nitrogens with zero attached hydrogens (tertiary/aromatic N) is 2. The maximum Gasteiger partial charge on any atom is 0.217 e. The number of fused-ring (bicyclic) bond motifs is 2. The molecule has 0 aliphatic rings. The fourth-order valence-electron chi connectivity index (χ4n) is 3.91. The molecular weight excluding hydrogens is 416 g/mol. The van der Waals surface area contributed by atoms with E-state index in [1.54, 1.807) is 6.07 Å². The highest BCUT2D eigenvalue weighted by Crippen LogP contribution is 2.40. The van der Waals surface area contributed by atoms with Crippen molar-refractivity contribution in [3.05, 3.63) is 72.8 Å². The molecule has 164 valence electrons. The molecule has 0 spiro atoms. The molecule has 33 heavy (non-hydrogen) atoms. The Morgan fingerprint density at radius 3 is 2.00 bits per heavy atom. The second kappa shape index (κ2) is 7.98. The number of hydrogen-bond donors (Lipinski definition) is 3. The van der Waals surface area contributed by atoms with Crippen LogP contribution in [0.15, 0.2) is 72.8 Å². The summed E-state index contributed by atoms with van der Waals surface area (Å²) in [5.74, 6) is -0.507. The first kappa shape index (κ1) is 20.6. The summed E-state index contributed by atoms with van der Waals surface area (Å²) in [5.41, 5.74) is 1.44. The molecule has 0 aliphatic heterocycles. The van der Waals surface area contributed by atoms with E-state index in [0.717, 1.165) is 33.9 Å². The van der Waals surface area contributed by atoms with Gasteiger partial charge in [0, 0.05) is 23.8 Å². The van der Waals surface area contributed by atoms with Crippen molar-refractivity contribution in [2.24, 2.45) is 0 Å². The van der Waals surface area contributed by atoms with Crippen molar-refractivity contribution in [2.75, 3.05) is 0 Å². The van der Waals surface area contributed by atoms with Gasteiger partial charge in [-0.05, 0) is 53.6 Å². The molecule has 5 rings (SSSR count). The number of aromatic hydroxyl groups is 3. The number of rotatable bonds is 4. The van der Waals surface area contributed by atoms with E-state index in [0.29, 0.717) is 11.6 Å². The van der Waals surface area contributed by atoms with Gasteiger partial charge in [0.1, 0.15) is 22.8 Å². The summed E-state index contributed by atoms with van der Waals surface area (Å²) in [5, 5.41) is 34.9. The number of phenolic OH excluding ortho intramolecular Hbond substituents is 3. The molecule has 1 aromatic heterocycles.